The zero-order valence-electron chi connectivity index (χ0n) is 17.2. The van der Waals surface area contributed by atoms with Crippen molar-refractivity contribution in [2.75, 3.05) is 13.1 Å². The molecule has 0 bridgehead atoms. The predicted molar refractivity (Wildman–Crippen MR) is 107 cm³/mol. The van der Waals surface area contributed by atoms with Crippen molar-refractivity contribution < 1.29 is 14.7 Å². The largest absolute Gasteiger partial charge is 0.481 e. The first-order valence-corrected chi connectivity index (χ1v) is 9.79. The number of carboxylic acids is 1. The van der Waals surface area contributed by atoms with Gasteiger partial charge in [0.25, 0.3) is 0 Å². The molecule has 28 heavy (non-hydrogen) atoms. The van der Waals surface area contributed by atoms with Gasteiger partial charge in [0.1, 0.15) is 0 Å². The van der Waals surface area contributed by atoms with Gasteiger partial charge in [-0.2, -0.15) is 5.10 Å². The van der Waals surface area contributed by atoms with Crippen LogP contribution in [0.3, 0.4) is 0 Å². The third-order valence-corrected chi connectivity index (χ3v) is 5.92. The molecular formula is C22H29N3O3. The number of aliphatic carboxylic acids is 1. The van der Waals surface area contributed by atoms with Gasteiger partial charge in [0, 0.05) is 25.2 Å². The van der Waals surface area contributed by atoms with Crippen LogP contribution in [0.4, 0.5) is 0 Å². The van der Waals surface area contributed by atoms with Gasteiger partial charge in [-0.15, -0.1) is 0 Å². The molecule has 1 aliphatic heterocycles. The summed E-state index contributed by atoms with van der Waals surface area (Å²) in [5.41, 5.74) is 4.76. The lowest BCUT2D eigenvalue weighted by molar-refractivity contribution is -0.147. The normalized spacial score (nSPS) is 19.2. The minimum atomic E-state index is -0.827. The van der Waals surface area contributed by atoms with E-state index >= 15 is 0 Å². The molecule has 1 amide bonds. The quantitative estimate of drug-likeness (QED) is 0.832. The highest BCUT2D eigenvalue weighted by Crippen LogP contribution is 2.30. The standard InChI is InChI=1S/C22H29N3O3/c1-15-5-7-18(8-6-15)13-25-17(3)19(16(2)23-25)9-10-20(26)24-12-11-22(4,14-24)21(27)28/h5-8H,9-14H2,1-4H3,(H,27,28). The van der Waals surface area contributed by atoms with E-state index in [9.17, 15) is 14.7 Å². The molecule has 0 saturated carbocycles. The molecule has 3 rings (SSSR count). The van der Waals surface area contributed by atoms with Crippen LogP contribution in [0.5, 0.6) is 0 Å². The van der Waals surface area contributed by atoms with Crippen LogP contribution >= 0.6 is 0 Å². The van der Waals surface area contributed by atoms with Crippen molar-refractivity contribution >= 4 is 11.9 Å². The van der Waals surface area contributed by atoms with Gasteiger partial charge in [0.05, 0.1) is 17.7 Å². The minimum Gasteiger partial charge on any atom is -0.481 e. The molecule has 1 N–H and O–H groups in total. The number of benzene rings is 1. The van der Waals surface area contributed by atoms with Gasteiger partial charge in [0.2, 0.25) is 5.91 Å². The second-order valence-corrected chi connectivity index (χ2v) is 8.22. The summed E-state index contributed by atoms with van der Waals surface area (Å²) in [5.74, 6) is -0.804. The van der Waals surface area contributed by atoms with E-state index in [0.717, 1.165) is 17.0 Å². The molecule has 1 unspecified atom stereocenters. The second-order valence-electron chi connectivity index (χ2n) is 8.22. The lowest BCUT2D eigenvalue weighted by Crippen LogP contribution is -2.35. The Morgan fingerprint density at radius 1 is 1.18 bits per heavy atom. The molecule has 6 heteroatoms. The van der Waals surface area contributed by atoms with Crippen LogP contribution in [-0.2, 0) is 22.6 Å². The van der Waals surface area contributed by atoms with Crippen LogP contribution in [0.2, 0.25) is 0 Å². The lowest BCUT2D eigenvalue weighted by Gasteiger charge is -2.20. The van der Waals surface area contributed by atoms with E-state index in [4.69, 9.17) is 0 Å². The average Bonchev–Trinajstić information content (AvgIpc) is 3.17. The maximum absolute atomic E-state index is 12.6. The van der Waals surface area contributed by atoms with Crippen LogP contribution in [0.1, 0.15) is 47.8 Å². The van der Waals surface area contributed by atoms with Crippen LogP contribution in [-0.4, -0.2) is 44.8 Å². The molecular weight excluding hydrogens is 354 g/mol. The maximum atomic E-state index is 12.6. The molecule has 2 heterocycles. The van der Waals surface area contributed by atoms with Gasteiger partial charge in [0.15, 0.2) is 0 Å². The summed E-state index contributed by atoms with van der Waals surface area (Å²) in [6.07, 6.45) is 1.53. The first kappa shape index (κ1) is 20.1. The van der Waals surface area contributed by atoms with Crippen LogP contribution in [0.15, 0.2) is 24.3 Å². The molecule has 1 atom stereocenters. The second kappa shape index (κ2) is 7.78. The van der Waals surface area contributed by atoms with Gasteiger partial charge < -0.3 is 10.0 Å². The van der Waals surface area contributed by atoms with Gasteiger partial charge in [-0.25, -0.2) is 0 Å². The molecule has 0 spiro atoms. The van der Waals surface area contributed by atoms with Crippen molar-refractivity contribution in [3.8, 4) is 0 Å². The molecule has 150 valence electrons. The fourth-order valence-corrected chi connectivity index (χ4v) is 3.85. The molecule has 1 aromatic carbocycles. The molecule has 6 nitrogen and oxygen atoms in total. The average molecular weight is 383 g/mol. The Balaban J connectivity index is 1.63. The summed E-state index contributed by atoms with van der Waals surface area (Å²) in [6, 6.07) is 8.42. The van der Waals surface area contributed by atoms with E-state index in [1.54, 1.807) is 11.8 Å². The maximum Gasteiger partial charge on any atom is 0.311 e. The van der Waals surface area contributed by atoms with Crippen molar-refractivity contribution in [3.05, 3.63) is 52.3 Å². The Hall–Kier alpha value is -2.63. The third-order valence-electron chi connectivity index (χ3n) is 5.92. The van der Waals surface area contributed by atoms with E-state index in [1.807, 2.05) is 18.5 Å². The Kier molecular flexibility index (Phi) is 5.59. The van der Waals surface area contributed by atoms with Crippen LogP contribution in [0.25, 0.3) is 0 Å². The number of hydrogen-bond donors (Lipinski definition) is 1. The van der Waals surface area contributed by atoms with Gasteiger partial charge >= 0.3 is 5.97 Å². The molecule has 1 saturated heterocycles. The lowest BCUT2D eigenvalue weighted by atomic mass is 9.90. The number of aryl methyl sites for hydroxylation is 2. The first-order valence-electron chi connectivity index (χ1n) is 9.79. The minimum absolute atomic E-state index is 0.0232. The highest BCUT2D eigenvalue weighted by molar-refractivity contribution is 5.80. The summed E-state index contributed by atoms with van der Waals surface area (Å²) < 4.78 is 2.00. The Labute approximate surface area is 166 Å². The van der Waals surface area contributed by atoms with Crippen molar-refractivity contribution in [3.63, 3.8) is 0 Å². The van der Waals surface area contributed by atoms with E-state index < -0.39 is 11.4 Å². The van der Waals surface area contributed by atoms with Crippen molar-refractivity contribution in [2.45, 2.75) is 53.5 Å². The summed E-state index contributed by atoms with van der Waals surface area (Å²) in [6.45, 7) is 9.34. The van der Waals surface area contributed by atoms with E-state index in [0.29, 0.717) is 38.9 Å². The smallest absolute Gasteiger partial charge is 0.311 e. The van der Waals surface area contributed by atoms with E-state index in [2.05, 4.69) is 36.3 Å². The van der Waals surface area contributed by atoms with E-state index in [1.165, 1.54) is 11.1 Å². The van der Waals surface area contributed by atoms with Crippen molar-refractivity contribution in [1.29, 1.82) is 0 Å². The zero-order valence-corrected chi connectivity index (χ0v) is 17.2. The van der Waals surface area contributed by atoms with Crippen LogP contribution in [0, 0.1) is 26.2 Å². The predicted octanol–water partition coefficient (Wildman–Crippen LogP) is 3.11. The monoisotopic (exact) mass is 383 g/mol. The van der Waals surface area contributed by atoms with Gasteiger partial charge in [-0.05, 0) is 51.7 Å². The number of rotatable bonds is 6. The van der Waals surface area contributed by atoms with Crippen LogP contribution < -0.4 is 0 Å². The fraction of sp³-hybridized carbons (Fsp3) is 0.500. The molecule has 1 fully saturated rings. The topological polar surface area (TPSA) is 75.4 Å². The van der Waals surface area contributed by atoms with E-state index in [-0.39, 0.29) is 5.91 Å². The fourth-order valence-electron chi connectivity index (χ4n) is 3.85. The number of carbonyl (C=O) groups excluding carboxylic acids is 1. The number of carboxylic acid groups (broad SMARTS) is 1. The molecule has 1 aromatic heterocycles. The summed E-state index contributed by atoms with van der Waals surface area (Å²) in [4.78, 5) is 25.7. The highest BCUT2D eigenvalue weighted by atomic mass is 16.4. The third kappa shape index (κ3) is 4.11. The molecule has 0 aliphatic carbocycles. The summed E-state index contributed by atoms with van der Waals surface area (Å²) in [5, 5.41) is 14.0. The van der Waals surface area contributed by atoms with Crippen molar-refractivity contribution in [1.82, 2.24) is 14.7 Å². The number of likely N-dealkylation sites (tertiary alicyclic amines) is 1. The number of aromatic nitrogens is 2. The van der Waals surface area contributed by atoms with Gasteiger partial charge in [-0.1, -0.05) is 29.8 Å². The first-order chi connectivity index (χ1) is 13.2. The molecule has 0 radical (unpaired) electrons. The highest BCUT2D eigenvalue weighted by Gasteiger charge is 2.41. The Bertz CT molecular complexity index is 885. The number of carbonyl (C=O) groups is 2. The Morgan fingerprint density at radius 3 is 2.46 bits per heavy atom. The van der Waals surface area contributed by atoms with Crippen molar-refractivity contribution in [2.24, 2.45) is 5.41 Å². The van der Waals surface area contributed by atoms with Gasteiger partial charge in [-0.3, -0.25) is 14.3 Å². The molecule has 2 aromatic rings. The zero-order chi connectivity index (χ0) is 20.5. The molecule has 1 aliphatic rings. The summed E-state index contributed by atoms with van der Waals surface area (Å²) in [7, 11) is 0. The summed E-state index contributed by atoms with van der Waals surface area (Å²) >= 11 is 0. The number of hydrogen-bond acceptors (Lipinski definition) is 3. The SMILES string of the molecule is Cc1ccc(Cn2nc(C)c(CCC(=O)N3CCC(C)(C(=O)O)C3)c2C)cc1. The Morgan fingerprint density at radius 2 is 1.86 bits per heavy atom. The number of nitrogens with zero attached hydrogens (tertiary/aromatic N) is 3. The number of amides is 1.